The molecular weight excluding hydrogens is 1220 g/mol. The standard InChI is InChI=1S/C18H15ClFNO3.C14H10F4N4O7S.C8H6Cl2O3.C3H8NO5P.C3H9S/c1-3-10(2)24-16-9-15(14(20)8-13(16)19)21-17(22)11-6-4-5-7-12(11)18(21)23;15-11(16)28-8-5-9(29-12(17)18)20-13(19-8)21-14(25)22-30(26,27)7-4-2-1-3-6(7)10(23)24;1-13-7-5(10)3-2-4(9)6(7)8(11)12;5-3(6)1-4-2-10(7,8)9;1-4(2)3/h1,8-10H,4-7H2,2H3;1-5,11-12H,(H,23,24)(H2,19,20,21,22,25);2-3H,1H3,(H,11,12);4H,1-2H2,(H,5,6)(H2,7,8,9);1-3H3/q;;;;+1/p-1. The first-order chi connectivity index (χ1) is 37.6. The average Bonchev–Trinajstić information content (AvgIpc) is 3.60. The zero-order chi connectivity index (χ0) is 61.7. The third-order valence-corrected chi connectivity index (χ3v) is 12.1. The van der Waals surface area contributed by atoms with Crippen LogP contribution in [0.1, 0.15) is 53.3 Å². The molecule has 35 heteroatoms. The molecule has 2 atom stereocenters. The highest BCUT2D eigenvalue weighted by atomic mass is 35.5. The molecule has 3 aromatic carbocycles. The van der Waals surface area contributed by atoms with Gasteiger partial charge in [-0.15, -0.1) is 6.42 Å². The van der Waals surface area contributed by atoms with Crippen LogP contribution < -0.4 is 44.1 Å². The molecule has 0 bridgehead atoms. The molecule has 6 rings (SSSR count). The number of aliphatic carboxylic acids is 1. The Morgan fingerprint density at radius 3 is 1.83 bits per heavy atom. The van der Waals surface area contributed by atoms with Gasteiger partial charge in [-0.3, -0.25) is 25.0 Å². The molecule has 0 saturated heterocycles. The first-order valence-electron chi connectivity index (χ1n) is 22.0. The predicted molar refractivity (Wildman–Crippen MR) is 282 cm³/mol. The summed E-state index contributed by atoms with van der Waals surface area (Å²) in [5, 5.41) is 29.8. The van der Waals surface area contributed by atoms with Crippen LogP contribution in [0.3, 0.4) is 0 Å². The molecule has 4 amide bonds. The number of aromatic carboxylic acids is 2. The smallest absolute Gasteiger partial charge is 0.388 e. The SMILES string of the molecule is C#CC(C)Oc1cc(N2C(=O)C3=C(CCCC3)C2=O)c(F)cc1Cl.COc1c(Cl)ccc(Cl)c1C(=O)O.C[S+](C)C.O=C(Nc1nc(OC(F)F)cc(OC(F)F)n1)NS(=O)(=O)c1ccccc1C(=O)O.O=C(O)CNCP(=O)([O-])O. The maximum atomic E-state index is 14.4. The monoisotopic (exact) mass is 1270 g/mol. The van der Waals surface area contributed by atoms with Crippen molar-refractivity contribution in [3.63, 3.8) is 0 Å². The summed E-state index contributed by atoms with van der Waals surface area (Å²) in [6.45, 7) is -5.67. The van der Waals surface area contributed by atoms with Crippen molar-refractivity contribution in [2.75, 3.05) is 48.9 Å². The number of carboxylic acids is 3. The van der Waals surface area contributed by atoms with E-state index in [0.29, 0.717) is 40.9 Å². The van der Waals surface area contributed by atoms with Crippen molar-refractivity contribution in [1.82, 2.24) is 20.0 Å². The van der Waals surface area contributed by atoms with E-state index >= 15 is 0 Å². The second kappa shape index (κ2) is 32.4. The third kappa shape index (κ3) is 23.2. The molecule has 24 nitrogen and oxygen atoms in total. The molecule has 4 aromatic rings. The zero-order valence-electron chi connectivity index (χ0n) is 42.4. The summed E-state index contributed by atoms with van der Waals surface area (Å²) in [5.41, 5.74) is 0.0498. The number of methoxy groups -OCH3 is 1. The Balaban J connectivity index is 0.000000388. The van der Waals surface area contributed by atoms with Gasteiger partial charge in [0, 0.05) is 17.2 Å². The predicted octanol–water partition coefficient (Wildman–Crippen LogP) is 6.87. The van der Waals surface area contributed by atoms with Crippen molar-refractivity contribution in [1.29, 1.82) is 0 Å². The lowest BCUT2D eigenvalue weighted by atomic mass is 9.93. The average molecular weight is 1270 g/mol. The number of carbonyl (C=O) groups is 6. The van der Waals surface area contributed by atoms with E-state index < -0.39 is 120 Å². The van der Waals surface area contributed by atoms with E-state index in [-0.39, 0.29) is 37.8 Å². The summed E-state index contributed by atoms with van der Waals surface area (Å²) in [6, 6.07) is 8.39. The van der Waals surface area contributed by atoms with Crippen LogP contribution in [0.25, 0.3) is 0 Å². The van der Waals surface area contributed by atoms with Crippen molar-refractivity contribution in [3.8, 4) is 35.6 Å². The van der Waals surface area contributed by atoms with E-state index in [2.05, 4.69) is 44.1 Å². The van der Waals surface area contributed by atoms with E-state index in [1.807, 2.05) is 5.32 Å². The van der Waals surface area contributed by atoms with Gasteiger partial charge in [-0.2, -0.15) is 27.5 Å². The molecule has 1 aliphatic carbocycles. The topological polar surface area (TPSA) is 360 Å². The van der Waals surface area contributed by atoms with Gasteiger partial charge in [0.1, 0.15) is 29.6 Å². The van der Waals surface area contributed by atoms with E-state index in [4.69, 9.17) is 70.9 Å². The number of halogens is 8. The normalized spacial score (nSPS) is 13.7. The second-order valence-electron chi connectivity index (χ2n) is 15.8. The summed E-state index contributed by atoms with van der Waals surface area (Å²) in [7, 11) is -7.08. The number of nitrogens with zero attached hydrogens (tertiary/aromatic N) is 3. The second-order valence-corrected chi connectivity index (χ2v) is 22.8. The Bertz CT molecular complexity index is 3140. The van der Waals surface area contributed by atoms with E-state index in [1.54, 1.807) is 12.2 Å². The highest BCUT2D eigenvalue weighted by Crippen LogP contribution is 2.40. The van der Waals surface area contributed by atoms with Crippen LogP contribution in [0.4, 0.5) is 38.4 Å². The highest BCUT2D eigenvalue weighted by Gasteiger charge is 2.41. The minimum Gasteiger partial charge on any atom is -0.778 e. The van der Waals surface area contributed by atoms with E-state index in [1.165, 1.54) is 42.2 Å². The largest absolute Gasteiger partial charge is 0.778 e. The number of carboxylic acid groups (broad SMARTS) is 3. The van der Waals surface area contributed by atoms with Gasteiger partial charge in [-0.25, -0.2) is 36.8 Å². The van der Waals surface area contributed by atoms with E-state index in [0.717, 1.165) is 35.9 Å². The number of ether oxygens (including phenoxy) is 4. The highest BCUT2D eigenvalue weighted by molar-refractivity contribution is 7.94. The summed E-state index contributed by atoms with van der Waals surface area (Å²) < 4.78 is 118. The van der Waals surface area contributed by atoms with Gasteiger partial charge < -0.3 is 48.6 Å². The lowest BCUT2D eigenvalue weighted by Gasteiger charge is -2.19. The molecule has 1 aromatic heterocycles. The number of hydrogen-bond acceptors (Lipinski definition) is 17. The molecular formula is C46H47Cl3F5N6O18PS2. The molecule has 2 unspecified atom stereocenters. The van der Waals surface area contributed by atoms with Gasteiger partial charge in [0.25, 0.3) is 21.8 Å². The molecule has 442 valence electrons. The van der Waals surface area contributed by atoms with Gasteiger partial charge in [0.15, 0.2) is 11.9 Å². The van der Waals surface area contributed by atoms with Gasteiger partial charge in [-0.05, 0) is 73.8 Å². The summed E-state index contributed by atoms with van der Waals surface area (Å²) in [5.74, 6) is -5.90. The number of anilines is 2. The molecule has 0 spiro atoms. The van der Waals surface area contributed by atoms with Crippen LogP contribution in [0.5, 0.6) is 23.3 Å². The van der Waals surface area contributed by atoms with E-state index in [9.17, 15) is 68.6 Å². The molecule has 1 aliphatic heterocycles. The van der Waals surface area contributed by atoms with Crippen molar-refractivity contribution in [2.24, 2.45) is 0 Å². The number of aromatic nitrogens is 2. The summed E-state index contributed by atoms with van der Waals surface area (Å²) in [4.78, 5) is 93.3. The van der Waals surface area contributed by atoms with Gasteiger partial charge in [0.2, 0.25) is 17.7 Å². The van der Waals surface area contributed by atoms with Crippen LogP contribution in [-0.2, 0) is 39.9 Å². The van der Waals surface area contributed by atoms with Crippen molar-refractivity contribution in [2.45, 2.75) is 56.8 Å². The van der Waals surface area contributed by atoms with Gasteiger partial charge in [0.05, 0.1) is 71.1 Å². The fourth-order valence-electron chi connectivity index (χ4n) is 6.14. The van der Waals surface area contributed by atoms with Crippen LogP contribution in [0.15, 0.2) is 70.6 Å². The first-order valence-corrected chi connectivity index (χ1v) is 28.8. The Morgan fingerprint density at radius 2 is 1.38 bits per heavy atom. The quantitative estimate of drug-likeness (QED) is 0.0186. The number of urea groups is 1. The fourth-order valence-corrected chi connectivity index (χ4v) is 8.31. The number of terminal acetylenes is 1. The fraction of sp³-hybridized carbons (Fsp3) is 0.304. The van der Waals surface area contributed by atoms with Crippen LogP contribution in [0.2, 0.25) is 15.1 Å². The van der Waals surface area contributed by atoms with Crippen molar-refractivity contribution >= 4 is 111 Å². The summed E-state index contributed by atoms with van der Waals surface area (Å²) >= 11 is 17.3. The number of benzene rings is 3. The van der Waals surface area contributed by atoms with Crippen molar-refractivity contribution in [3.05, 3.63) is 97.8 Å². The van der Waals surface area contributed by atoms with Crippen LogP contribution >= 0.6 is 42.4 Å². The molecule has 2 aliphatic rings. The zero-order valence-corrected chi connectivity index (χ0v) is 47.2. The number of alkyl halides is 4. The first kappa shape index (κ1) is 70.1. The van der Waals surface area contributed by atoms with Crippen molar-refractivity contribution < 1.29 is 108 Å². The number of amides is 4. The van der Waals surface area contributed by atoms with Gasteiger partial charge in [-0.1, -0.05) is 52.9 Å². The van der Waals surface area contributed by atoms with Crippen LogP contribution in [-0.4, -0.2) is 132 Å². The van der Waals surface area contributed by atoms with Gasteiger partial charge >= 0.3 is 37.2 Å². The number of rotatable bonds is 17. The third-order valence-electron chi connectivity index (χ3n) is 9.19. The Labute approximate surface area is 475 Å². The lowest BCUT2D eigenvalue weighted by molar-refractivity contribution is -0.193. The maximum Gasteiger partial charge on any atom is 0.388 e. The number of imide groups is 1. The maximum absolute atomic E-state index is 14.4. The minimum absolute atomic E-state index is 0.0233. The number of carbonyl (C=O) groups excluding carboxylic acids is 3. The minimum atomic E-state index is -4.71. The lowest BCUT2D eigenvalue weighted by Crippen LogP contribution is -2.35. The van der Waals surface area contributed by atoms with Crippen LogP contribution in [0, 0.1) is 18.2 Å². The Hall–Kier alpha value is -7.01. The number of nitrogens with one attached hydrogen (secondary N) is 3. The number of hydrogen-bond donors (Lipinski definition) is 7. The number of sulfonamides is 1. The molecule has 2 heterocycles. The molecule has 0 radical (unpaired) electrons. The molecule has 81 heavy (non-hydrogen) atoms. The summed E-state index contributed by atoms with van der Waals surface area (Å²) in [6.07, 6.45) is 13.3. The molecule has 7 N–H and O–H groups in total. The Morgan fingerprint density at radius 1 is 0.864 bits per heavy atom. The molecule has 0 fully saturated rings. The Kier molecular flexibility index (Phi) is 28.1. The molecule has 0 saturated carbocycles.